The molecule has 1 heteroatoms. The minimum Gasteiger partial charge on any atom is -0.296 e. The fourth-order valence-electron chi connectivity index (χ4n) is 1.64. The molecular formula is C8H16N. The smallest absolute Gasteiger partial charge is 0.0223 e. The molecule has 1 unspecified atom stereocenters. The van der Waals surface area contributed by atoms with Crippen LogP contribution in [0.5, 0.6) is 0 Å². The summed E-state index contributed by atoms with van der Waals surface area (Å²) in [6.45, 7) is 7.91. The molecule has 1 aliphatic rings. The zero-order valence-electron chi connectivity index (χ0n) is 6.43. The van der Waals surface area contributed by atoms with Crippen LogP contribution in [0.15, 0.2) is 0 Å². The number of hydrogen-bond acceptors (Lipinski definition) is 1. The summed E-state index contributed by atoms with van der Waals surface area (Å²) >= 11 is 0. The van der Waals surface area contributed by atoms with Crippen LogP contribution in [-0.4, -0.2) is 17.5 Å². The first-order chi connectivity index (χ1) is 4.38. The lowest BCUT2D eigenvalue weighted by Crippen LogP contribution is -2.24. The van der Waals surface area contributed by atoms with Crippen molar-refractivity contribution in [3.63, 3.8) is 0 Å². The first-order valence-electron chi connectivity index (χ1n) is 3.93. The Bertz CT molecular complexity index is 70.6. The van der Waals surface area contributed by atoms with Gasteiger partial charge in [0, 0.05) is 12.6 Å². The molecule has 1 heterocycles. The fraction of sp³-hybridized carbons (Fsp3) is 0.875. The van der Waals surface area contributed by atoms with Gasteiger partial charge >= 0.3 is 0 Å². The molecule has 0 saturated carbocycles. The van der Waals surface area contributed by atoms with Crippen molar-refractivity contribution in [2.24, 2.45) is 0 Å². The van der Waals surface area contributed by atoms with Crippen molar-refractivity contribution in [3.8, 4) is 0 Å². The number of nitrogens with zero attached hydrogens (tertiary/aromatic N) is 1. The first kappa shape index (κ1) is 7.07. The topological polar surface area (TPSA) is 3.24 Å². The van der Waals surface area contributed by atoms with Crippen LogP contribution in [0.4, 0.5) is 0 Å². The Balaban J connectivity index is 2.32. The minimum absolute atomic E-state index is 0.856. The van der Waals surface area contributed by atoms with Gasteiger partial charge in [-0.05, 0) is 32.7 Å². The normalized spacial score (nSPS) is 29.3. The van der Waals surface area contributed by atoms with Gasteiger partial charge in [-0.25, -0.2) is 0 Å². The zero-order valence-corrected chi connectivity index (χ0v) is 6.43. The Labute approximate surface area is 58.0 Å². The van der Waals surface area contributed by atoms with Gasteiger partial charge < -0.3 is 0 Å². The Kier molecular flexibility index (Phi) is 2.52. The molecule has 1 nitrogen and oxygen atoms in total. The Hall–Kier alpha value is -0.0400. The van der Waals surface area contributed by atoms with E-state index in [1.807, 2.05) is 0 Å². The zero-order chi connectivity index (χ0) is 6.69. The molecule has 1 rings (SSSR count). The van der Waals surface area contributed by atoms with Crippen LogP contribution in [0.1, 0.15) is 33.1 Å². The first-order valence-corrected chi connectivity index (χ1v) is 3.93. The van der Waals surface area contributed by atoms with E-state index in [0.717, 1.165) is 6.04 Å². The van der Waals surface area contributed by atoms with Gasteiger partial charge in [0.25, 0.3) is 0 Å². The molecule has 1 radical (unpaired) electrons. The fourth-order valence-corrected chi connectivity index (χ4v) is 1.64. The third kappa shape index (κ3) is 1.45. The second-order valence-electron chi connectivity index (χ2n) is 2.70. The summed E-state index contributed by atoms with van der Waals surface area (Å²) in [7, 11) is 0. The van der Waals surface area contributed by atoms with Gasteiger partial charge in [-0.15, -0.1) is 0 Å². The van der Waals surface area contributed by atoms with Crippen LogP contribution in [0, 0.1) is 6.54 Å². The monoisotopic (exact) mass is 126 g/mol. The molecule has 0 bridgehead atoms. The van der Waals surface area contributed by atoms with E-state index in [0.29, 0.717) is 0 Å². The molecule has 0 aromatic heterocycles. The molecule has 0 aliphatic carbocycles. The summed E-state index contributed by atoms with van der Waals surface area (Å²) in [6.07, 6.45) is 4.11. The highest BCUT2D eigenvalue weighted by Gasteiger charge is 2.20. The van der Waals surface area contributed by atoms with Crippen LogP contribution in [0.25, 0.3) is 0 Å². The van der Waals surface area contributed by atoms with Crippen molar-refractivity contribution < 1.29 is 0 Å². The Morgan fingerprint density at radius 1 is 1.67 bits per heavy atom. The molecule has 1 fully saturated rings. The molecule has 0 N–H and O–H groups in total. The largest absolute Gasteiger partial charge is 0.296 e. The Morgan fingerprint density at radius 3 is 2.89 bits per heavy atom. The second kappa shape index (κ2) is 3.21. The van der Waals surface area contributed by atoms with Gasteiger partial charge in [0.15, 0.2) is 0 Å². The van der Waals surface area contributed by atoms with Crippen molar-refractivity contribution in [1.82, 2.24) is 4.90 Å². The van der Waals surface area contributed by atoms with E-state index >= 15 is 0 Å². The van der Waals surface area contributed by atoms with Gasteiger partial charge in [0.2, 0.25) is 0 Å². The number of likely N-dealkylation sites (tertiary alicyclic amines) is 1. The van der Waals surface area contributed by atoms with E-state index in [9.17, 15) is 0 Å². The van der Waals surface area contributed by atoms with Gasteiger partial charge in [0.1, 0.15) is 0 Å². The molecule has 0 aromatic rings. The standard InChI is InChI=1S/C8H16N/c1-3-8-6-5-7-9(8)4-2/h4,8H,3,5-7H2,1-2H3. The van der Waals surface area contributed by atoms with Gasteiger partial charge in [-0.1, -0.05) is 6.92 Å². The molecule has 53 valence electrons. The maximum atomic E-state index is 2.46. The van der Waals surface area contributed by atoms with E-state index in [1.54, 1.807) is 0 Å². The summed E-state index contributed by atoms with van der Waals surface area (Å²) in [5, 5.41) is 0. The van der Waals surface area contributed by atoms with Crippen LogP contribution in [0.2, 0.25) is 0 Å². The van der Waals surface area contributed by atoms with Gasteiger partial charge in [0.05, 0.1) is 0 Å². The van der Waals surface area contributed by atoms with E-state index in [1.165, 1.54) is 25.8 Å². The van der Waals surface area contributed by atoms with E-state index in [-0.39, 0.29) is 0 Å². The van der Waals surface area contributed by atoms with E-state index in [4.69, 9.17) is 0 Å². The van der Waals surface area contributed by atoms with Crippen molar-refractivity contribution >= 4 is 0 Å². The third-order valence-corrected chi connectivity index (χ3v) is 2.23. The molecule has 1 atom stereocenters. The number of hydrogen-bond donors (Lipinski definition) is 0. The van der Waals surface area contributed by atoms with Crippen LogP contribution in [0.3, 0.4) is 0 Å². The summed E-state index contributed by atoms with van der Waals surface area (Å²) in [5.74, 6) is 0. The van der Waals surface area contributed by atoms with E-state index in [2.05, 4.69) is 25.3 Å². The third-order valence-electron chi connectivity index (χ3n) is 2.23. The minimum atomic E-state index is 0.856. The molecular weight excluding hydrogens is 110 g/mol. The average Bonchev–Trinajstić information content (AvgIpc) is 2.33. The SMILES string of the molecule is C[CH]N1CCCC1CC. The predicted octanol–water partition coefficient (Wildman–Crippen LogP) is 2.04. The van der Waals surface area contributed by atoms with E-state index < -0.39 is 0 Å². The van der Waals surface area contributed by atoms with Crippen LogP contribution >= 0.6 is 0 Å². The second-order valence-corrected chi connectivity index (χ2v) is 2.70. The lowest BCUT2D eigenvalue weighted by molar-refractivity contribution is 0.307. The highest BCUT2D eigenvalue weighted by atomic mass is 15.2. The highest BCUT2D eigenvalue weighted by molar-refractivity contribution is 4.80. The van der Waals surface area contributed by atoms with Crippen molar-refractivity contribution in [2.75, 3.05) is 6.54 Å². The van der Waals surface area contributed by atoms with Crippen molar-refractivity contribution in [3.05, 3.63) is 6.54 Å². The van der Waals surface area contributed by atoms with Gasteiger partial charge in [-0.3, -0.25) is 4.90 Å². The summed E-state index contributed by atoms with van der Waals surface area (Å²) < 4.78 is 0. The molecule has 0 amide bonds. The molecule has 0 aromatic carbocycles. The van der Waals surface area contributed by atoms with Crippen LogP contribution in [-0.2, 0) is 0 Å². The summed E-state index contributed by atoms with van der Waals surface area (Å²) in [6, 6.07) is 0.856. The summed E-state index contributed by atoms with van der Waals surface area (Å²) in [5.41, 5.74) is 0. The van der Waals surface area contributed by atoms with Crippen molar-refractivity contribution in [2.45, 2.75) is 39.2 Å². The van der Waals surface area contributed by atoms with Crippen molar-refractivity contribution in [1.29, 1.82) is 0 Å². The quantitative estimate of drug-likeness (QED) is 0.547. The lowest BCUT2D eigenvalue weighted by atomic mass is 10.2. The number of rotatable bonds is 2. The maximum absolute atomic E-state index is 2.46. The lowest BCUT2D eigenvalue weighted by Gasteiger charge is -2.19. The highest BCUT2D eigenvalue weighted by Crippen LogP contribution is 2.19. The van der Waals surface area contributed by atoms with Gasteiger partial charge in [-0.2, -0.15) is 0 Å². The predicted molar refractivity (Wildman–Crippen MR) is 40.0 cm³/mol. The van der Waals surface area contributed by atoms with Crippen LogP contribution < -0.4 is 0 Å². The average molecular weight is 126 g/mol. The maximum Gasteiger partial charge on any atom is 0.0223 e. The molecule has 1 aliphatic heterocycles. The summed E-state index contributed by atoms with van der Waals surface area (Å²) in [4.78, 5) is 2.46. The molecule has 0 spiro atoms. The molecule has 1 saturated heterocycles. The molecule has 9 heavy (non-hydrogen) atoms. The Morgan fingerprint density at radius 2 is 2.44 bits per heavy atom.